The second-order valence-electron chi connectivity index (χ2n) is 8.93. The van der Waals surface area contributed by atoms with Gasteiger partial charge in [0.15, 0.2) is 0 Å². The summed E-state index contributed by atoms with van der Waals surface area (Å²) in [5, 5.41) is 4.13. The molecule has 0 bridgehead atoms. The predicted octanol–water partition coefficient (Wildman–Crippen LogP) is 5.52. The fourth-order valence-corrected chi connectivity index (χ4v) is 6.12. The van der Waals surface area contributed by atoms with Crippen LogP contribution in [0.25, 0.3) is 5.69 Å². The number of amides is 1. The molecular formula is C29H29BrN4O4S. The first-order chi connectivity index (χ1) is 18.6. The molecule has 1 aromatic heterocycles. The van der Waals surface area contributed by atoms with Crippen LogP contribution >= 0.6 is 15.9 Å². The normalized spacial score (nSPS) is 11.5. The van der Waals surface area contributed by atoms with Gasteiger partial charge in [-0.15, -0.1) is 0 Å². The molecule has 3 aromatic carbocycles. The summed E-state index contributed by atoms with van der Waals surface area (Å²) >= 11 is 3.51. The molecule has 0 aliphatic carbocycles. The van der Waals surface area contributed by atoms with E-state index < -0.39 is 22.5 Å². The number of nitrogens with one attached hydrogen (secondary N) is 1. The molecule has 0 saturated carbocycles. The smallest absolute Gasteiger partial charge is 0.264 e. The second kappa shape index (κ2) is 11.9. The fourth-order valence-electron chi connectivity index (χ4n) is 4.28. The number of aryl methyl sites for hydroxylation is 2. The van der Waals surface area contributed by atoms with Crippen molar-refractivity contribution in [3.63, 3.8) is 0 Å². The average Bonchev–Trinajstić information content (AvgIpc) is 3.20. The number of methoxy groups -OCH3 is 1. The van der Waals surface area contributed by atoms with E-state index in [-0.39, 0.29) is 10.6 Å². The third-order valence-electron chi connectivity index (χ3n) is 6.15. The van der Waals surface area contributed by atoms with E-state index in [1.54, 1.807) is 36.5 Å². The lowest BCUT2D eigenvalue weighted by molar-refractivity contribution is -0.119. The molecule has 0 aliphatic heterocycles. The minimum Gasteiger partial charge on any atom is -0.495 e. The van der Waals surface area contributed by atoms with Crippen molar-refractivity contribution in [3.05, 3.63) is 106 Å². The van der Waals surface area contributed by atoms with Gasteiger partial charge in [0.25, 0.3) is 15.9 Å². The van der Waals surface area contributed by atoms with Crippen molar-refractivity contribution in [2.75, 3.05) is 18.0 Å². The van der Waals surface area contributed by atoms with Crippen LogP contribution in [0.5, 0.6) is 5.75 Å². The van der Waals surface area contributed by atoms with Gasteiger partial charge in [-0.05, 0) is 74.9 Å². The molecule has 1 N–H and O–H groups in total. The zero-order chi connectivity index (χ0) is 28.2. The quantitative estimate of drug-likeness (QED) is 0.200. The highest BCUT2D eigenvalue weighted by atomic mass is 79.9. The molecule has 1 heterocycles. The summed E-state index contributed by atoms with van der Waals surface area (Å²) in [6.45, 7) is 5.30. The summed E-state index contributed by atoms with van der Waals surface area (Å²) in [6, 6.07) is 23.0. The van der Waals surface area contributed by atoms with Gasteiger partial charge in [-0.1, -0.05) is 46.3 Å². The Morgan fingerprint density at radius 3 is 2.46 bits per heavy atom. The summed E-state index contributed by atoms with van der Waals surface area (Å²) in [5.74, 6) is -0.272. The monoisotopic (exact) mass is 608 g/mol. The van der Waals surface area contributed by atoms with Crippen LogP contribution in [0.15, 0.2) is 93.3 Å². The minimum atomic E-state index is -4.09. The van der Waals surface area contributed by atoms with Crippen molar-refractivity contribution in [1.29, 1.82) is 0 Å². The Hall–Kier alpha value is -3.89. The van der Waals surface area contributed by atoms with Gasteiger partial charge in [0.1, 0.15) is 12.3 Å². The molecule has 1 amide bonds. The number of benzene rings is 3. The number of hydrogen-bond donors (Lipinski definition) is 1. The van der Waals surface area contributed by atoms with Crippen molar-refractivity contribution in [1.82, 2.24) is 9.99 Å². The number of sulfonamides is 1. The van der Waals surface area contributed by atoms with Gasteiger partial charge in [-0.25, -0.2) is 13.8 Å². The molecule has 8 nitrogen and oxygen atoms in total. The fraction of sp³-hybridized carbons (Fsp3) is 0.172. The first-order valence-electron chi connectivity index (χ1n) is 12.1. The van der Waals surface area contributed by atoms with E-state index in [0.717, 1.165) is 37.0 Å². The van der Waals surface area contributed by atoms with Gasteiger partial charge >= 0.3 is 0 Å². The van der Waals surface area contributed by atoms with Crippen molar-refractivity contribution < 1.29 is 17.9 Å². The van der Waals surface area contributed by atoms with Gasteiger partial charge < -0.3 is 9.30 Å². The maximum absolute atomic E-state index is 13.6. The number of nitrogens with zero attached hydrogens (tertiary/aromatic N) is 3. The number of carbonyl (C=O) groups is 1. The minimum absolute atomic E-state index is 0.0600. The van der Waals surface area contributed by atoms with Crippen molar-refractivity contribution in [2.24, 2.45) is 5.10 Å². The van der Waals surface area contributed by atoms with Crippen LogP contribution in [0.1, 0.15) is 22.5 Å². The Bertz CT molecular complexity index is 1630. The lowest BCUT2D eigenvalue weighted by Gasteiger charge is -2.25. The van der Waals surface area contributed by atoms with Crippen LogP contribution in [-0.4, -0.2) is 38.8 Å². The van der Waals surface area contributed by atoms with Gasteiger partial charge in [0.2, 0.25) is 0 Å². The van der Waals surface area contributed by atoms with Gasteiger partial charge in [0, 0.05) is 27.1 Å². The van der Waals surface area contributed by atoms with Crippen molar-refractivity contribution in [2.45, 2.75) is 25.7 Å². The first-order valence-corrected chi connectivity index (χ1v) is 14.3. The molecule has 39 heavy (non-hydrogen) atoms. The standard InChI is InChI=1S/C29H29BrN4O4S/c1-20-13-14-28(38-4)27(15-20)33(39(36,37)26-11-6-5-7-12-26)19-29(35)32-31-18-23-16-21(2)34(22(23)3)25-10-8-9-24(30)17-25/h5-18H,19H2,1-4H3,(H,32,35)/b31-18-. The molecule has 0 unspecified atom stereocenters. The molecule has 10 heteroatoms. The number of anilines is 1. The molecule has 4 rings (SSSR count). The van der Waals surface area contributed by atoms with Crippen LogP contribution in [0.4, 0.5) is 5.69 Å². The number of ether oxygens (including phenoxy) is 1. The molecular weight excluding hydrogens is 580 g/mol. The molecule has 202 valence electrons. The largest absolute Gasteiger partial charge is 0.495 e. The average molecular weight is 610 g/mol. The third kappa shape index (κ3) is 6.23. The van der Waals surface area contributed by atoms with E-state index in [1.807, 2.05) is 57.2 Å². The van der Waals surface area contributed by atoms with Gasteiger partial charge in [-0.3, -0.25) is 9.10 Å². The second-order valence-corrected chi connectivity index (χ2v) is 11.7. The summed E-state index contributed by atoms with van der Waals surface area (Å²) in [7, 11) is -2.63. The van der Waals surface area contributed by atoms with Crippen LogP contribution in [0.2, 0.25) is 0 Å². The van der Waals surface area contributed by atoms with E-state index in [1.165, 1.54) is 19.2 Å². The summed E-state index contributed by atoms with van der Waals surface area (Å²) in [4.78, 5) is 13.1. The maximum atomic E-state index is 13.6. The van der Waals surface area contributed by atoms with E-state index in [9.17, 15) is 13.2 Å². The van der Waals surface area contributed by atoms with Crippen molar-refractivity contribution >= 4 is 43.8 Å². The zero-order valence-electron chi connectivity index (χ0n) is 22.1. The number of hydrogen-bond acceptors (Lipinski definition) is 5. The molecule has 0 aliphatic rings. The Balaban J connectivity index is 1.60. The Morgan fingerprint density at radius 1 is 1.03 bits per heavy atom. The summed E-state index contributed by atoms with van der Waals surface area (Å²) in [6.07, 6.45) is 1.55. The Labute approximate surface area is 237 Å². The summed E-state index contributed by atoms with van der Waals surface area (Å²) < 4.78 is 36.8. The number of aromatic nitrogens is 1. The van der Waals surface area contributed by atoms with E-state index in [2.05, 4.69) is 31.0 Å². The SMILES string of the molecule is COc1ccc(C)cc1N(CC(=O)N/N=C\c1cc(C)n(-c2cccc(Br)c2)c1C)S(=O)(=O)c1ccccc1. The van der Waals surface area contributed by atoms with Gasteiger partial charge in [0.05, 0.1) is 23.9 Å². The first kappa shape index (κ1) is 28.1. The highest BCUT2D eigenvalue weighted by Crippen LogP contribution is 2.33. The Morgan fingerprint density at radius 2 is 1.77 bits per heavy atom. The summed E-state index contributed by atoms with van der Waals surface area (Å²) in [5.41, 5.74) is 7.33. The Kier molecular flexibility index (Phi) is 8.57. The molecule has 0 saturated heterocycles. The molecule has 0 radical (unpaired) electrons. The number of rotatable bonds is 9. The lowest BCUT2D eigenvalue weighted by Crippen LogP contribution is -2.39. The van der Waals surface area contributed by atoms with E-state index >= 15 is 0 Å². The number of halogens is 1. The van der Waals surface area contributed by atoms with Crippen LogP contribution in [0, 0.1) is 20.8 Å². The predicted molar refractivity (Wildman–Crippen MR) is 157 cm³/mol. The van der Waals surface area contributed by atoms with Crippen LogP contribution in [-0.2, 0) is 14.8 Å². The van der Waals surface area contributed by atoms with Crippen LogP contribution < -0.4 is 14.5 Å². The zero-order valence-corrected chi connectivity index (χ0v) is 24.5. The number of hydrazone groups is 1. The molecule has 0 fully saturated rings. The lowest BCUT2D eigenvalue weighted by atomic mass is 10.2. The maximum Gasteiger partial charge on any atom is 0.264 e. The van der Waals surface area contributed by atoms with E-state index in [0.29, 0.717) is 5.75 Å². The van der Waals surface area contributed by atoms with Gasteiger partial charge in [-0.2, -0.15) is 5.10 Å². The van der Waals surface area contributed by atoms with Crippen LogP contribution in [0.3, 0.4) is 0 Å². The molecule has 4 aromatic rings. The highest BCUT2D eigenvalue weighted by molar-refractivity contribution is 9.10. The van der Waals surface area contributed by atoms with E-state index in [4.69, 9.17) is 4.74 Å². The highest BCUT2D eigenvalue weighted by Gasteiger charge is 2.29. The molecule has 0 atom stereocenters. The third-order valence-corrected chi connectivity index (χ3v) is 8.42. The number of carbonyl (C=O) groups excluding carboxylic acids is 1. The topological polar surface area (TPSA) is 93.0 Å². The van der Waals surface area contributed by atoms with Crippen molar-refractivity contribution in [3.8, 4) is 11.4 Å². The molecule has 0 spiro atoms.